The van der Waals surface area contributed by atoms with Gasteiger partial charge in [-0.25, -0.2) is 0 Å². The Labute approximate surface area is 182 Å². The third-order valence-corrected chi connectivity index (χ3v) is 5.86. The van der Waals surface area contributed by atoms with E-state index in [2.05, 4.69) is 15.5 Å². The molecule has 0 aliphatic heterocycles. The van der Waals surface area contributed by atoms with Gasteiger partial charge in [0.05, 0.1) is 12.9 Å². The minimum atomic E-state index is -0.299. The molecule has 0 atom stereocenters. The quantitative estimate of drug-likeness (QED) is 0.468. The van der Waals surface area contributed by atoms with Crippen LogP contribution < -0.4 is 15.6 Å². The summed E-state index contributed by atoms with van der Waals surface area (Å²) >= 11 is 1.22. The van der Waals surface area contributed by atoms with Crippen molar-refractivity contribution < 1.29 is 9.53 Å². The first-order valence-corrected chi connectivity index (χ1v) is 10.6. The number of carbonyl (C=O) groups excluding carboxylic acids is 1. The monoisotopic (exact) mass is 435 g/mol. The van der Waals surface area contributed by atoms with E-state index in [1.54, 1.807) is 48.2 Å². The predicted octanol–water partition coefficient (Wildman–Crippen LogP) is 3.24. The minimum absolute atomic E-state index is 0.148. The highest BCUT2D eigenvalue weighted by molar-refractivity contribution is 7.99. The van der Waals surface area contributed by atoms with Crippen molar-refractivity contribution in [3.05, 3.63) is 76.3 Å². The van der Waals surface area contributed by atoms with Gasteiger partial charge in [-0.3, -0.25) is 18.6 Å². The molecule has 0 spiro atoms. The highest BCUT2D eigenvalue weighted by atomic mass is 32.2. The average Bonchev–Trinajstić information content (AvgIpc) is 3.19. The third-order valence-electron chi connectivity index (χ3n) is 4.91. The average molecular weight is 436 g/mol. The van der Waals surface area contributed by atoms with Crippen LogP contribution in [0, 0.1) is 13.8 Å². The Morgan fingerprint density at radius 2 is 1.84 bits per heavy atom. The summed E-state index contributed by atoms with van der Waals surface area (Å²) in [5, 5.41) is 11.5. The molecular formula is C22H21N5O3S. The van der Waals surface area contributed by atoms with Gasteiger partial charge in [-0.15, -0.1) is 10.2 Å². The molecule has 0 bridgehead atoms. The normalized spacial score (nSPS) is 10.9. The lowest BCUT2D eigenvalue weighted by Crippen LogP contribution is -2.20. The summed E-state index contributed by atoms with van der Waals surface area (Å²) < 4.78 is 8.24. The third kappa shape index (κ3) is 4.31. The molecule has 9 heteroatoms. The molecule has 0 aliphatic rings. The van der Waals surface area contributed by atoms with Gasteiger partial charge in [0.15, 0.2) is 5.16 Å². The molecule has 4 rings (SSSR count). The highest BCUT2D eigenvalue weighted by Crippen LogP contribution is 2.19. The summed E-state index contributed by atoms with van der Waals surface area (Å²) in [7, 11) is 1.59. The molecule has 2 aromatic carbocycles. The van der Waals surface area contributed by atoms with Crippen molar-refractivity contribution >= 4 is 29.0 Å². The van der Waals surface area contributed by atoms with Crippen molar-refractivity contribution in [3.63, 3.8) is 0 Å². The van der Waals surface area contributed by atoms with E-state index in [1.807, 2.05) is 32.0 Å². The maximum Gasteiger partial charge on any atom is 0.300 e. The van der Waals surface area contributed by atoms with Crippen LogP contribution in [0.5, 0.6) is 5.75 Å². The van der Waals surface area contributed by atoms with E-state index in [0.29, 0.717) is 16.6 Å². The number of thioether (sulfide) groups is 1. The number of carbonyl (C=O) groups is 1. The van der Waals surface area contributed by atoms with Gasteiger partial charge in [0.2, 0.25) is 11.6 Å². The van der Waals surface area contributed by atoms with Crippen LogP contribution in [0.2, 0.25) is 0 Å². The number of nitrogens with one attached hydrogen (secondary N) is 1. The van der Waals surface area contributed by atoms with E-state index >= 15 is 0 Å². The molecule has 4 aromatic rings. The zero-order valence-electron chi connectivity index (χ0n) is 17.3. The van der Waals surface area contributed by atoms with Crippen molar-refractivity contribution in [1.29, 1.82) is 0 Å². The first-order valence-electron chi connectivity index (χ1n) is 9.57. The van der Waals surface area contributed by atoms with Gasteiger partial charge < -0.3 is 10.1 Å². The van der Waals surface area contributed by atoms with Crippen LogP contribution in [-0.2, 0) is 4.79 Å². The van der Waals surface area contributed by atoms with Gasteiger partial charge >= 0.3 is 5.56 Å². The summed E-state index contributed by atoms with van der Waals surface area (Å²) in [6.45, 7) is 4.02. The molecule has 31 heavy (non-hydrogen) atoms. The zero-order chi connectivity index (χ0) is 22.0. The van der Waals surface area contributed by atoms with E-state index in [9.17, 15) is 9.59 Å². The molecule has 158 valence electrons. The summed E-state index contributed by atoms with van der Waals surface area (Å²) in [5.41, 5.74) is 3.62. The number of amides is 1. The number of hydrogen-bond acceptors (Lipinski definition) is 6. The second kappa shape index (κ2) is 8.65. The number of methoxy groups -OCH3 is 1. The fourth-order valence-corrected chi connectivity index (χ4v) is 3.77. The molecule has 2 heterocycles. The maximum absolute atomic E-state index is 12.9. The number of anilines is 1. The number of fused-ring (bicyclic) bond motifs is 1. The summed E-state index contributed by atoms with van der Waals surface area (Å²) in [5.74, 6) is 0.699. The molecule has 0 unspecified atom stereocenters. The standard InChI is InChI=1S/C22H21N5O3S/c1-14-4-5-16(12-15(14)2)23-19(28)13-31-22-25-24-20-21(29)26(10-11-27(20)22)17-6-8-18(30-3)9-7-17/h4-12H,13H2,1-3H3,(H,23,28). The maximum atomic E-state index is 12.9. The Morgan fingerprint density at radius 3 is 2.55 bits per heavy atom. The van der Waals surface area contributed by atoms with E-state index in [1.165, 1.54) is 21.9 Å². The van der Waals surface area contributed by atoms with E-state index in [4.69, 9.17) is 4.74 Å². The molecule has 1 N–H and O–H groups in total. The molecule has 0 saturated heterocycles. The van der Waals surface area contributed by atoms with Crippen LogP contribution in [0.1, 0.15) is 11.1 Å². The van der Waals surface area contributed by atoms with Crippen molar-refractivity contribution in [3.8, 4) is 11.4 Å². The van der Waals surface area contributed by atoms with E-state index < -0.39 is 0 Å². The predicted molar refractivity (Wildman–Crippen MR) is 120 cm³/mol. The Kier molecular flexibility index (Phi) is 5.77. The van der Waals surface area contributed by atoms with Gasteiger partial charge in [0, 0.05) is 23.8 Å². The smallest absolute Gasteiger partial charge is 0.300 e. The van der Waals surface area contributed by atoms with Crippen LogP contribution in [0.25, 0.3) is 11.3 Å². The number of ether oxygens (including phenoxy) is 1. The Morgan fingerprint density at radius 1 is 1.06 bits per heavy atom. The van der Waals surface area contributed by atoms with Crippen molar-refractivity contribution in [2.75, 3.05) is 18.2 Å². The first-order chi connectivity index (χ1) is 15.0. The number of hydrogen-bond donors (Lipinski definition) is 1. The lowest BCUT2D eigenvalue weighted by atomic mass is 10.1. The Bertz CT molecular complexity index is 1310. The first kappa shape index (κ1) is 20.7. The molecular weight excluding hydrogens is 414 g/mol. The zero-order valence-corrected chi connectivity index (χ0v) is 18.1. The molecule has 0 fully saturated rings. The lowest BCUT2D eigenvalue weighted by Gasteiger charge is -2.08. The topological polar surface area (TPSA) is 90.5 Å². The van der Waals surface area contributed by atoms with Gasteiger partial charge in [-0.2, -0.15) is 0 Å². The van der Waals surface area contributed by atoms with Crippen LogP contribution in [-0.4, -0.2) is 37.9 Å². The fourth-order valence-electron chi connectivity index (χ4n) is 3.06. The lowest BCUT2D eigenvalue weighted by molar-refractivity contribution is -0.113. The Hall–Kier alpha value is -3.59. The molecule has 2 aromatic heterocycles. The van der Waals surface area contributed by atoms with Gasteiger partial charge in [0.25, 0.3) is 0 Å². The number of rotatable bonds is 6. The Balaban J connectivity index is 1.50. The second-order valence-electron chi connectivity index (χ2n) is 6.98. The van der Waals surface area contributed by atoms with Crippen LogP contribution in [0.4, 0.5) is 5.69 Å². The fraction of sp³-hybridized carbons (Fsp3) is 0.182. The molecule has 0 saturated carbocycles. The van der Waals surface area contributed by atoms with Gasteiger partial charge in [-0.1, -0.05) is 17.8 Å². The molecule has 0 radical (unpaired) electrons. The summed E-state index contributed by atoms with van der Waals surface area (Å²) in [6, 6.07) is 12.9. The molecule has 0 aliphatic carbocycles. The van der Waals surface area contributed by atoms with Crippen molar-refractivity contribution in [2.45, 2.75) is 19.0 Å². The number of aryl methyl sites for hydroxylation is 2. The summed E-state index contributed by atoms with van der Waals surface area (Å²) in [6.07, 6.45) is 3.37. The molecule has 1 amide bonds. The van der Waals surface area contributed by atoms with Crippen LogP contribution in [0.15, 0.2) is 64.8 Å². The van der Waals surface area contributed by atoms with Crippen molar-refractivity contribution in [1.82, 2.24) is 19.2 Å². The second-order valence-corrected chi connectivity index (χ2v) is 7.93. The van der Waals surface area contributed by atoms with E-state index in [0.717, 1.165) is 11.3 Å². The number of nitrogens with zero attached hydrogens (tertiary/aromatic N) is 4. The van der Waals surface area contributed by atoms with Crippen molar-refractivity contribution in [2.24, 2.45) is 0 Å². The van der Waals surface area contributed by atoms with Crippen LogP contribution >= 0.6 is 11.8 Å². The van der Waals surface area contributed by atoms with Gasteiger partial charge in [-0.05, 0) is 61.4 Å². The molecule has 8 nitrogen and oxygen atoms in total. The SMILES string of the molecule is COc1ccc(-n2ccn3c(SCC(=O)Nc4ccc(C)c(C)c4)nnc3c2=O)cc1. The minimum Gasteiger partial charge on any atom is -0.497 e. The van der Waals surface area contributed by atoms with E-state index in [-0.39, 0.29) is 22.9 Å². The van der Waals surface area contributed by atoms with Crippen LogP contribution in [0.3, 0.4) is 0 Å². The summed E-state index contributed by atoms with van der Waals surface area (Å²) in [4.78, 5) is 25.2. The largest absolute Gasteiger partial charge is 0.497 e. The highest BCUT2D eigenvalue weighted by Gasteiger charge is 2.14. The number of benzene rings is 2. The number of aromatic nitrogens is 4. The van der Waals surface area contributed by atoms with Gasteiger partial charge in [0.1, 0.15) is 5.75 Å².